The van der Waals surface area contributed by atoms with Gasteiger partial charge >= 0.3 is 0 Å². The summed E-state index contributed by atoms with van der Waals surface area (Å²) < 4.78 is 5.92. The van der Waals surface area contributed by atoms with E-state index >= 15 is 0 Å². The van der Waals surface area contributed by atoms with E-state index in [4.69, 9.17) is 4.74 Å². The van der Waals surface area contributed by atoms with Crippen molar-refractivity contribution in [2.24, 2.45) is 5.92 Å². The lowest BCUT2D eigenvalue weighted by atomic mass is 9.99. The van der Waals surface area contributed by atoms with E-state index in [-0.39, 0.29) is 6.04 Å². The first-order valence-electron chi connectivity index (χ1n) is 7.94. The van der Waals surface area contributed by atoms with E-state index in [1.807, 2.05) is 7.05 Å². The molecule has 0 aromatic heterocycles. The monoisotopic (exact) mass is 277 g/mol. The minimum atomic E-state index is 0.280. The Balaban J connectivity index is 2.56. The first kappa shape index (κ1) is 17.2. The first-order valence-corrected chi connectivity index (χ1v) is 7.94. The van der Waals surface area contributed by atoms with Gasteiger partial charge in [0, 0.05) is 0 Å². The van der Waals surface area contributed by atoms with Crippen LogP contribution in [0, 0.1) is 5.92 Å². The van der Waals surface area contributed by atoms with E-state index in [9.17, 15) is 0 Å². The number of nitrogens with one attached hydrogen (secondary N) is 1. The van der Waals surface area contributed by atoms with Gasteiger partial charge in [0.15, 0.2) is 0 Å². The van der Waals surface area contributed by atoms with Crippen LogP contribution in [0.2, 0.25) is 0 Å². The number of hydrogen-bond acceptors (Lipinski definition) is 2. The van der Waals surface area contributed by atoms with Crippen LogP contribution in [0.4, 0.5) is 0 Å². The van der Waals surface area contributed by atoms with Crippen LogP contribution < -0.4 is 5.32 Å². The molecule has 0 saturated carbocycles. The second-order valence-corrected chi connectivity index (χ2v) is 6.11. The second kappa shape index (κ2) is 9.15. The van der Waals surface area contributed by atoms with Gasteiger partial charge in [0.25, 0.3) is 0 Å². The van der Waals surface area contributed by atoms with E-state index in [2.05, 4.69) is 57.3 Å². The molecule has 0 spiro atoms. The largest absolute Gasteiger partial charge is 0.377 e. The Morgan fingerprint density at radius 2 is 1.75 bits per heavy atom. The number of hydrogen-bond donors (Lipinski definition) is 1. The lowest BCUT2D eigenvalue weighted by Crippen LogP contribution is -2.24. The van der Waals surface area contributed by atoms with Crippen LogP contribution in [-0.4, -0.2) is 19.8 Å². The summed E-state index contributed by atoms with van der Waals surface area (Å²) in [6.45, 7) is 9.60. The molecule has 0 radical (unpaired) electrons. The Morgan fingerprint density at radius 3 is 2.25 bits per heavy atom. The molecular weight excluding hydrogens is 246 g/mol. The lowest BCUT2D eigenvalue weighted by molar-refractivity contribution is 0.0453. The number of benzene rings is 1. The molecule has 2 heteroatoms. The van der Waals surface area contributed by atoms with E-state index in [1.54, 1.807) is 0 Å². The van der Waals surface area contributed by atoms with E-state index in [1.165, 1.54) is 17.5 Å². The normalized spacial score (nSPS) is 14.5. The van der Waals surface area contributed by atoms with Gasteiger partial charge in [-0.3, -0.25) is 0 Å². The fourth-order valence-electron chi connectivity index (χ4n) is 2.45. The smallest absolute Gasteiger partial charge is 0.0665 e. The molecule has 1 aromatic carbocycles. The third-order valence-electron chi connectivity index (χ3n) is 3.62. The molecule has 0 aliphatic heterocycles. The van der Waals surface area contributed by atoms with Crippen molar-refractivity contribution < 1.29 is 4.74 Å². The molecule has 1 rings (SSSR count). The van der Waals surface area contributed by atoms with E-state index in [0.717, 1.165) is 19.4 Å². The second-order valence-electron chi connectivity index (χ2n) is 6.11. The number of rotatable bonds is 9. The molecule has 0 amide bonds. The molecule has 0 aliphatic rings. The van der Waals surface area contributed by atoms with Crippen LogP contribution >= 0.6 is 0 Å². The summed E-state index contributed by atoms with van der Waals surface area (Å²) in [6.07, 6.45) is 3.80. The minimum absolute atomic E-state index is 0.280. The highest BCUT2D eigenvalue weighted by Crippen LogP contribution is 2.17. The lowest BCUT2D eigenvalue weighted by Gasteiger charge is -2.20. The number of likely N-dealkylation sites (N-methyl/N-ethyl adjacent to an activating group) is 1. The van der Waals surface area contributed by atoms with Crippen molar-refractivity contribution in [3.63, 3.8) is 0 Å². The zero-order valence-electron chi connectivity index (χ0n) is 13.8. The first-order chi connectivity index (χ1) is 9.56. The maximum atomic E-state index is 5.92. The summed E-state index contributed by atoms with van der Waals surface area (Å²) >= 11 is 0. The molecule has 0 saturated heterocycles. The van der Waals surface area contributed by atoms with Crippen molar-refractivity contribution in [3.05, 3.63) is 35.4 Å². The van der Waals surface area contributed by atoms with Crippen LogP contribution in [0.5, 0.6) is 0 Å². The fraction of sp³-hybridized carbons (Fsp3) is 0.667. The zero-order valence-corrected chi connectivity index (χ0v) is 13.8. The van der Waals surface area contributed by atoms with Crippen LogP contribution in [0.15, 0.2) is 24.3 Å². The van der Waals surface area contributed by atoms with Crippen molar-refractivity contribution >= 4 is 0 Å². The standard InChI is InChI=1S/C18H31NO/c1-6-7-15(4)20-13-18(19-5)17-10-8-16(9-11-17)12-14(2)3/h8-11,14-15,18-19H,6-7,12-13H2,1-5H3. The van der Waals surface area contributed by atoms with Crippen molar-refractivity contribution in [1.29, 1.82) is 0 Å². The Labute approximate surface area is 124 Å². The topological polar surface area (TPSA) is 21.3 Å². The van der Waals surface area contributed by atoms with Crippen molar-refractivity contribution in [2.45, 2.75) is 59.1 Å². The predicted octanol–water partition coefficient (Wildman–Crippen LogP) is 4.35. The molecule has 20 heavy (non-hydrogen) atoms. The molecule has 2 atom stereocenters. The highest BCUT2D eigenvalue weighted by Gasteiger charge is 2.11. The SMILES string of the molecule is CCCC(C)OCC(NC)c1ccc(CC(C)C)cc1. The minimum Gasteiger partial charge on any atom is -0.377 e. The summed E-state index contributed by atoms with van der Waals surface area (Å²) in [5.41, 5.74) is 2.72. The molecule has 0 heterocycles. The molecule has 0 fully saturated rings. The molecule has 114 valence electrons. The maximum absolute atomic E-state index is 5.92. The van der Waals surface area contributed by atoms with Gasteiger partial charge in [-0.05, 0) is 43.9 Å². The van der Waals surface area contributed by atoms with Crippen LogP contribution in [0.1, 0.15) is 57.7 Å². The quantitative estimate of drug-likeness (QED) is 0.724. The Bertz CT molecular complexity index is 358. The fourth-order valence-corrected chi connectivity index (χ4v) is 2.45. The van der Waals surface area contributed by atoms with Gasteiger partial charge < -0.3 is 10.1 Å². The van der Waals surface area contributed by atoms with Gasteiger partial charge in [0.05, 0.1) is 18.8 Å². The third-order valence-corrected chi connectivity index (χ3v) is 3.62. The summed E-state index contributed by atoms with van der Waals surface area (Å²) in [5, 5.41) is 3.35. The van der Waals surface area contributed by atoms with Gasteiger partial charge in [0.2, 0.25) is 0 Å². The van der Waals surface area contributed by atoms with Crippen LogP contribution in [0.3, 0.4) is 0 Å². The van der Waals surface area contributed by atoms with Gasteiger partial charge in [-0.15, -0.1) is 0 Å². The number of ether oxygens (including phenoxy) is 1. The molecule has 1 aromatic rings. The van der Waals surface area contributed by atoms with Crippen LogP contribution in [0.25, 0.3) is 0 Å². The summed E-state index contributed by atoms with van der Waals surface area (Å²) in [7, 11) is 2.00. The summed E-state index contributed by atoms with van der Waals surface area (Å²) in [6, 6.07) is 9.23. The van der Waals surface area contributed by atoms with Gasteiger partial charge in [-0.25, -0.2) is 0 Å². The summed E-state index contributed by atoms with van der Waals surface area (Å²) in [4.78, 5) is 0. The highest BCUT2D eigenvalue weighted by molar-refractivity contribution is 5.25. The van der Waals surface area contributed by atoms with Crippen molar-refractivity contribution in [3.8, 4) is 0 Å². The average molecular weight is 277 g/mol. The van der Waals surface area contributed by atoms with Crippen LogP contribution in [-0.2, 0) is 11.2 Å². The average Bonchev–Trinajstić information content (AvgIpc) is 2.41. The highest BCUT2D eigenvalue weighted by atomic mass is 16.5. The van der Waals surface area contributed by atoms with E-state index < -0.39 is 0 Å². The van der Waals surface area contributed by atoms with Gasteiger partial charge in [-0.2, -0.15) is 0 Å². The predicted molar refractivity (Wildman–Crippen MR) is 87.1 cm³/mol. The Hall–Kier alpha value is -0.860. The third kappa shape index (κ3) is 6.06. The van der Waals surface area contributed by atoms with Crippen molar-refractivity contribution in [2.75, 3.05) is 13.7 Å². The molecule has 0 aliphatic carbocycles. The Morgan fingerprint density at radius 1 is 1.10 bits per heavy atom. The van der Waals surface area contributed by atoms with Gasteiger partial charge in [-0.1, -0.05) is 51.5 Å². The molecule has 0 bridgehead atoms. The molecule has 1 N–H and O–H groups in total. The zero-order chi connectivity index (χ0) is 15.0. The maximum Gasteiger partial charge on any atom is 0.0665 e. The Kier molecular flexibility index (Phi) is 7.86. The molecular formula is C18H31NO. The van der Waals surface area contributed by atoms with Gasteiger partial charge in [0.1, 0.15) is 0 Å². The molecule has 2 unspecified atom stereocenters. The van der Waals surface area contributed by atoms with E-state index in [0.29, 0.717) is 12.0 Å². The van der Waals surface area contributed by atoms with Crippen molar-refractivity contribution in [1.82, 2.24) is 5.32 Å². The summed E-state index contributed by atoms with van der Waals surface area (Å²) in [5.74, 6) is 0.708. The molecule has 2 nitrogen and oxygen atoms in total.